The highest BCUT2D eigenvalue weighted by atomic mass is 16.4. The maximum absolute atomic E-state index is 10.5. The molecule has 0 unspecified atom stereocenters. The molecule has 4 heteroatoms. The molecule has 68 valence electrons. The normalized spacial score (nSPS) is 9.62. The molecule has 13 heavy (non-hydrogen) atoms. The molecule has 0 bridgehead atoms. The van der Waals surface area contributed by atoms with Crippen LogP contribution in [-0.4, -0.2) is 22.5 Å². The minimum Gasteiger partial charge on any atom is -0.507 e. The third-order valence-electron chi connectivity index (χ3n) is 1.70. The summed E-state index contributed by atoms with van der Waals surface area (Å²) in [5.41, 5.74) is 0.372. The number of aromatic carboxylic acids is 1. The third kappa shape index (κ3) is 1.66. The zero-order valence-electron chi connectivity index (χ0n) is 6.94. The number of hydrogen-bond donors (Lipinski definition) is 2. The predicted octanol–water partition coefficient (Wildman–Crippen LogP) is 1.21. The van der Waals surface area contributed by atoms with Gasteiger partial charge in [-0.2, -0.15) is 0 Å². The van der Waals surface area contributed by atoms with Crippen molar-refractivity contribution in [1.82, 2.24) is 0 Å². The Morgan fingerprint density at radius 1 is 1.46 bits per heavy atom. The van der Waals surface area contributed by atoms with Crippen molar-refractivity contribution in [3.8, 4) is 5.75 Å². The Morgan fingerprint density at radius 2 is 2.08 bits per heavy atom. The fourth-order valence-electron chi connectivity index (χ4n) is 1.02. The minimum absolute atomic E-state index is 0.00241. The van der Waals surface area contributed by atoms with Gasteiger partial charge in [0.15, 0.2) is 6.29 Å². The molecule has 1 aromatic rings. The molecule has 1 aromatic carbocycles. The number of aromatic hydroxyl groups is 1. The standard InChI is InChI=1S/C9H8O4/c1-5-2-6(9(12)13)3-7(4-10)8(5)11/h2-4,11H,1H3,(H,12,13). The second-order valence-electron chi connectivity index (χ2n) is 2.65. The second-order valence-corrected chi connectivity index (χ2v) is 2.65. The van der Waals surface area contributed by atoms with Gasteiger partial charge in [-0.3, -0.25) is 4.79 Å². The number of aldehydes is 1. The van der Waals surface area contributed by atoms with Crippen molar-refractivity contribution in [2.45, 2.75) is 6.92 Å². The molecule has 0 aromatic heterocycles. The van der Waals surface area contributed by atoms with Crippen LogP contribution in [0.1, 0.15) is 26.3 Å². The van der Waals surface area contributed by atoms with Crippen LogP contribution in [-0.2, 0) is 0 Å². The summed E-state index contributed by atoms with van der Waals surface area (Å²) in [6, 6.07) is 2.45. The fourth-order valence-corrected chi connectivity index (χ4v) is 1.02. The summed E-state index contributed by atoms with van der Waals surface area (Å²) in [5.74, 6) is -1.29. The molecule has 1 rings (SSSR count). The second kappa shape index (κ2) is 3.26. The van der Waals surface area contributed by atoms with E-state index >= 15 is 0 Å². The van der Waals surface area contributed by atoms with Crippen LogP contribution in [0.4, 0.5) is 0 Å². The number of carbonyl (C=O) groups excluding carboxylic acids is 1. The van der Waals surface area contributed by atoms with Gasteiger partial charge in [-0.25, -0.2) is 4.79 Å². The number of phenols is 1. The molecule has 2 N–H and O–H groups in total. The highest BCUT2D eigenvalue weighted by molar-refractivity contribution is 5.92. The number of rotatable bonds is 2. The average molecular weight is 180 g/mol. The van der Waals surface area contributed by atoms with Gasteiger partial charge in [-0.1, -0.05) is 0 Å². The zero-order chi connectivity index (χ0) is 10.0. The van der Waals surface area contributed by atoms with E-state index in [0.717, 1.165) is 6.07 Å². The lowest BCUT2D eigenvalue weighted by atomic mass is 10.1. The molecule has 0 aliphatic rings. The SMILES string of the molecule is Cc1cc(C(=O)O)cc(C=O)c1O. The molecule has 0 saturated heterocycles. The Balaban J connectivity index is 3.38. The summed E-state index contributed by atoms with van der Waals surface area (Å²) < 4.78 is 0. The molecule has 0 atom stereocenters. The summed E-state index contributed by atoms with van der Waals surface area (Å²) in [6.45, 7) is 1.54. The molecule has 0 spiro atoms. The van der Waals surface area contributed by atoms with Crippen molar-refractivity contribution in [1.29, 1.82) is 0 Å². The van der Waals surface area contributed by atoms with Crippen molar-refractivity contribution in [2.24, 2.45) is 0 Å². The van der Waals surface area contributed by atoms with Crippen LogP contribution < -0.4 is 0 Å². The smallest absolute Gasteiger partial charge is 0.335 e. The van der Waals surface area contributed by atoms with Gasteiger partial charge in [0.25, 0.3) is 0 Å². The van der Waals surface area contributed by atoms with E-state index in [-0.39, 0.29) is 16.9 Å². The number of benzene rings is 1. The third-order valence-corrected chi connectivity index (χ3v) is 1.70. The van der Waals surface area contributed by atoms with E-state index in [4.69, 9.17) is 5.11 Å². The molecular weight excluding hydrogens is 172 g/mol. The van der Waals surface area contributed by atoms with Crippen molar-refractivity contribution in [2.75, 3.05) is 0 Å². The van der Waals surface area contributed by atoms with Gasteiger partial charge in [0, 0.05) is 0 Å². The lowest BCUT2D eigenvalue weighted by Gasteiger charge is -2.03. The number of carboxylic acids is 1. The molecule has 0 amide bonds. The van der Waals surface area contributed by atoms with Gasteiger partial charge < -0.3 is 10.2 Å². The Hall–Kier alpha value is -1.84. The molecule has 0 radical (unpaired) electrons. The van der Waals surface area contributed by atoms with Crippen LogP contribution in [0.3, 0.4) is 0 Å². The van der Waals surface area contributed by atoms with Crippen LogP contribution >= 0.6 is 0 Å². The number of aryl methyl sites for hydroxylation is 1. The van der Waals surface area contributed by atoms with Gasteiger partial charge >= 0.3 is 5.97 Å². The Morgan fingerprint density at radius 3 is 2.54 bits per heavy atom. The Kier molecular flexibility index (Phi) is 2.32. The van der Waals surface area contributed by atoms with Gasteiger partial charge in [-0.15, -0.1) is 0 Å². The highest BCUT2D eigenvalue weighted by Crippen LogP contribution is 2.22. The van der Waals surface area contributed by atoms with E-state index in [1.165, 1.54) is 13.0 Å². The lowest BCUT2D eigenvalue weighted by Crippen LogP contribution is -1.98. The van der Waals surface area contributed by atoms with E-state index in [9.17, 15) is 14.7 Å². The first kappa shape index (κ1) is 9.25. The van der Waals surface area contributed by atoms with Crippen LogP contribution in [0.2, 0.25) is 0 Å². The number of carboxylic acid groups (broad SMARTS) is 1. The highest BCUT2D eigenvalue weighted by Gasteiger charge is 2.10. The molecule has 0 aliphatic heterocycles. The first-order valence-corrected chi connectivity index (χ1v) is 3.58. The van der Waals surface area contributed by atoms with E-state index in [1.807, 2.05) is 0 Å². The minimum atomic E-state index is -1.12. The Labute approximate surface area is 74.4 Å². The Bertz CT molecular complexity index is 368. The molecule has 0 fully saturated rings. The monoisotopic (exact) mass is 180 g/mol. The van der Waals surface area contributed by atoms with Crippen molar-refractivity contribution < 1.29 is 19.8 Å². The fraction of sp³-hybridized carbons (Fsp3) is 0.111. The zero-order valence-corrected chi connectivity index (χ0v) is 6.94. The largest absolute Gasteiger partial charge is 0.507 e. The topological polar surface area (TPSA) is 74.6 Å². The van der Waals surface area contributed by atoms with Gasteiger partial charge in [-0.05, 0) is 24.6 Å². The molecular formula is C9H8O4. The van der Waals surface area contributed by atoms with E-state index < -0.39 is 5.97 Å². The molecule has 0 heterocycles. The van der Waals surface area contributed by atoms with Gasteiger partial charge in [0.05, 0.1) is 11.1 Å². The van der Waals surface area contributed by atoms with Crippen molar-refractivity contribution in [3.05, 3.63) is 28.8 Å². The molecule has 0 saturated carbocycles. The summed E-state index contributed by atoms with van der Waals surface area (Å²) in [7, 11) is 0. The number of carbonyl (C=O) groups is 2. The summed E-state index contributed by atoms with van der Waals surface area (Å²) >= 11 is 0. The van der Waals surface area contributed by atoms with Crippen LogP contribution in [0.15, 0.2) is 12.1 Å². The lowest BCUT2D eigenvalue weighted by molar-refractivity contribution is 0.0696. The maximum Gasteiger partial charge on any atom is 0.335 e. The number of phenolic OH excluding ortho intramolecular Hbond substituents is 1. The van der Waals surface area contributed by atoms with E-state index in [2.05, 4.69) is 0 Å². The number of hydrogen-bond acceptors (Lipinski definition) is 3. The van der Waals surface area contributed by atoms with Crippen molar-refractivity contribution >= 4 is 12.3 Å². The maximum atomic E-state index is 10.5. The van der Waals surface area contributed by atoms with E-state index in [1.54, 1.807) is 0 Å². The summed E-state index contributed by atoms with van der Waals surface area (Å²) in [6.07, 6.45) is 0.425. The van der Waals surface area contributed by atoms with Crippen LogP contribution in [0.5, 0.6) is 5.75 Å². The summed E-state index contributed by atoms with van der Waals surface area (Å²) in [5, 5.41) is 17.9. The molecule has 0 aliphatic carbocycles. The van der Waals surface area contributed by atoms with Crippen LogP contribution in [0.25, 0.3) is 0 Å². The van der Waals surface area contributed by atoms with E-state index in [0.29, 0.717) is 11.8 Å². The average Bonchev–Trinajstić information content (AvgIpc) is 2.09. The first-order chi connectivity index (χ1) is 6.06. The molecule has 4 nitrogen and oxygen atoms in total. The predicted molar refractivity (Wildman–Crippen MR) is 45.2 cm³/mol. The summed E-state index contributed by atoms with van der Waals surface area (Å²) in [4.78, 5) is 20.9. The van der Waals surface area contributed by atoms with Gasteiger partial charge in [0.1, 0.15) is 5.75 Å². The van der Waals surface area contributed by atoms with Crippen LogP contribution in [0, 0.1) is 6.92 Å². The van der Waals surface area contributed by atoms with Gasteiger partial charge in [0.2, 0.25) is 0 Å². The first-order valence-electron chi connectivity index (χ1n) is 3.58. The van der Waals surface area contributed by atoms with Crippen molar-refractivity contribution in [3.63, 3.8) is 0 Å². The quantitative estimate of drug-likeness (QED) is 0.671.